The van der Waals surface area contributed by atoms with Gasteiger partial charge in [-0.1, -0.05) is 37.3 Å². The van der Waals surface area contributed by atoms with Crippen LogP contribution in [-0.2, 0) is 0 Å². The quantitative estimate of drug-likeness (QED) is 0.849. The third-order valence-corrected chi connectivity index (χ3v) is 5.23. The second-order valence-corrected chi connectivity index (χ2v) is 7.12. The molecule has 0 aliphatic carbocycles. The van der Waals surface area contributed by atoms with E-state index in [1.165, 1.54) is 0 Å². The molecule has 0 bridgehead atoms. The van der Waals surface area contributed by atoms with Gasteiger partial charge < -0.3 is 10.0 Å². The number of hydrogen-bond acceptors (Lipinski definition) is 3. The third-order valence-electron chi connectivity index (χ3n) is 5.23. The minimum Gasteiger partial charge on any atom is -0.388 e. The summed E-state index contributed by atoms with van der Waals surface area (Å²) >= 11 is 0. The molecule has 3 rings (SSSR count). The molecule has 1 saturated heterocycles. The summed E-state index contributed by atoms with van der Waals surface area (Å²) in [6.45, 7) is 4.59. The average Bonchev–Trinajstić information content (AvgIpc) is 2.67. The van der Waals surface area contributed by atoms with Crippen LogP contribution in [-0.4, -0.2) is 40.4 Å². The van der Waals surface area contributed by atoms with E-state index in [1.807, 2.05) is 49.4 Å². The summed E-state index contributed by atoms with van der Waals surface area (Å²) in [4.78, 5) is 26.1. The summed E-state index contributed by atoms with van der Waals surface area (Å²) in [5.41, 5.74) is 2.45. The van der Waals surface area contributed by atoms with Crippen LogP contribution in [0.3, 0.4) is 0 Å². The largest absolute Gasteiger partial charge is 0.388 e. The van der Waals surface area contributed by atoms with Crippen molar-refractivity contribution >= 4 is 11.7 Å². The van der Waals surface area contributed by atoms with Crippen LogP contribution < -0.4 is 0 Å². The number of likely N-dealkylation sites (tertiary alicyclic amines) is 1. The zero-order valence-corrected chi connectivity index (χ0v) is 15.4. The fourth-order valence-electron chi connectivity index (χ4n) is 3.48. The predicted molar refractivity (Wildman–Crippen MR) is 102 cm³/mol. The van der Waals surface area contributed by atoms with Crippen LogP contribution in [0.2, 0.25) is 0 Å². The van der Waals surface area contributed by atoms with Gasteiger partial charge in [-0.25, -0.2) is 0 Å². The highest BCUT2D eigenvalue weighted by Crippen LogP contribution is 2.26. The first kappa shape index (κ1) is 18.3. The number of rotatable bonds is 4. The van der Waals surface area contributed by atoms with Crippen molar-refractivity contribution in [2.45, 2.75) is 38.7 Å². The lowest BCUT2D eigenvalue weighted by Gasteiger charge is -2.38. The Morgan fingerprint density at radius 1 is 1.08 bits per heavy atom. The Hall–Kier alpha value is -2.46. The van der Waals surface area contributed by atoms with Crippen LogP contribution in [0.1, 0.15) is 53.8 Å². The molecule has 1 heterocycles. The molecule has 0 saturated carbocycles. The van der Waals surface area contributed by atoms with Crippen LogP contribution in [0.5, 0.6) is 0 Å². The van der Waals surface area contributed by atoms with Gasteiger partial charge in [-0.15, -0.1) is 0 Å². The number of nitrogens with zero attached hydrogens (tertiary/aromatic N) is 1. The highest BCUT2D eigenvalue weighted by atomic mass is 16.3. The van der Waals surface area contributed by atoms with Gasteiger partial charge in [0.25, 0.3) is 5.91 Å². The van der Waals surface area contributed by atoms with Gasteiger partial charge in [0.2, 0.25) is 0 Å². The van der Waals surface area contributed by atoms with E-state index < -0.39 is 5.60 Å². The third kappa shape index (κ3) is 3.86. The maximum absolute atomic E-state index is 12.8. The summed E-state index contributed by atoms with van der Waals surface area (Å²) in [5, 5.41) is 10.5. The standard InChI is InChI=1S/C22H25NO3/c1-3-22(26)12-5-13-23(15-22)21(25)18-10-8-17(9-11-18)20-7-4-6-19(14-20)16(2)24/h4,6-11,14,26H,3,5,12-13,15H2,1-2H3/t22-/m0/s1. The minimum atomic E-state index is -0.763. The fourth-order valence-corrected chi connectivity index (χ4v) is 3.48. The van der Waals surface area contributed by atoms with Crippen molar-refractivity contribution in [3.8, 4) is 11.1 Å². The number of hydrogen-bond donors (Lipinski definition) is 1. The monoisotopic (exact) mass is 351 g/mol. The van der Waals surface area contributed by atoms with Gasteiger partial charge >= 0.3 is 0 Å². The molecule has 0 unspecified atom stereocenters. The number of β-amino-alcohol motifs (C(OH)–C–C–N with tert-alkyl or cyclic N) is 1. The zero-order valence-electron chi connectivity index (χ0n) is 15.4. The second kappa shape index (κ2) is 7.42. The van der Waals surface area contributed by atoms with Crippen molar-refractivity contribution in [3.05, 3.63) is 59.7 Å². The van der Waals surface area contributed by atoms with Crippen LogP contribution in [0.25, 0.3) is 11.1 Å². The summed E-state index contributed by atoms with van der Waals surface area (Å²) < 4.78 is 0. The second-order valence-electron chi connectivity index (χ2n) is 7.12. The van der Waals surface area contributed by atoms with Crippen LogP contribution in [0.4, 0.5) is 0 Å². The smallest absolute Gasteiger partial charge is 0.253 e. The molecule has 1 amide bonds. The Morgan fingerprint density at radius 2 is 1.81 bits per heavy atom. The lowest BCUT2D eigenvalue weighted by Crippen LogP contribution is -2.49. The number of amides is 1. The Labute approximate surface area is 154 Å². The average molecular weight is 351 g/mol. The van der Waals surface area contributed by atoms with Gasteiger partial charge in [-0.2, -0.15) is 0 Å². The van der Waals surface area contributed by atoms with Crippen molar-refractivity contribution in [1.29, 1.82) is 0 Å². The van der Waals surface area contributed by atoms with Crippen molar-refractivity contribution in [2.75, 3.05) is 13.1 Å². The number of ketones is 1. The highest BCUT2D eigenvalue weighted by molar-refractivity contribution is 5.96. The molecular formula is C22H25NO3. The van der Waals surface area contributed by atoms with Crippen LogP contribution in [0, 0.1) is 0 Å². The zero-order chi connectivity index (χ0) is 18.7. The maximum Gasteiger partial charge on any atom is 0.253 e. The Balaban J connectivity index is 1.78. The van der Waals surface area contributed by atoms with Gasteiger partial charge in [0.05, 0.1) is 5.60 Å². The van der Waals surface area contributed by atoms with Gasteiger partial charge in [-0.3, -0.25) is 9.59 Å². The number of benzene rings is 2. The van der Waals surface area contributed by atoms with Gasteiger partial charge in [-0.05, 0) is 55.5 Å². The summed E-state index contributed by atoms with van der Waals surface area (Å²) in [5.74, 6) is -0.00670. The molecule has 2 aromatic carbocycles. The van der Waals surface area contributed by atoms with E-state index in [9.17, 15) is 14.7 Å². The number of carbonyl (C=O) groups is 2. The molecule has 1 aliphatic rings. The molecule has 26 heavy (non-hydrogen) atoms. The molecule has 1 aliphatic heterocycles. The van der Waals surface area contributed by atoms with E-state index in [0.29, 0.717) is 30.6 Å². The fraction of sp³-hybridized carbons (Fsp3) is 0.364. The molecule has 1 N–H and O–H groups in total. The Morgan fingerprint density at radius 3 is 2.46 bits per heavy atom. The molecule has 136 valence electrons. The van der Waals surface area contributed by atoms with E-state index in [0.717, 1.165) is 24.0 Å². The molecule has 0 aromatic heterocycles. The van der Waals surface area contributed by atoms with Gasteiger partial charge in [0.1, 0.15) is 0 Å². The molecular weight excluding hydrogens is 326 g/mol. The molecule has 4 heteroatoms. The highest BCUT2D eigenvalue weighted by Gasteiger charge is 2.33. The summed E-state index contributed by atoms with van der Waals surface area (Å²) in [7, 11) is 0. The summed E-state index contributed by atoms with van der Waals surface area (Å²) in [6.07, 6.45) is 2.23. The first-order chi connectivity index (χ1) is 12.4. The van der Waals surface area contributed by atoms with Crippen molar-refractivity contribution in [1.82, 2.24) is 4.90 Å². The Bertz CT molecular complexity index is 812. The molecule has 1 fully saturated rings. The first-order valence-corrected chi connectivity index (χ1v) is 9.15. The minimum absolute atomic E-state index is 0.0344. The van der Waals surface area contributed by atoms with E-state index in [4.69, 9.17) is 0 Å². The lowest BCUT2D eigenvalue weighted by molar-refractivity contribution is -0.0270. The first-order valence-electron chi connectivity index (χ1n) is 9.15. The number of carbonyl (C=O) groups excluding carboxylic acids is 2. The van der Waals surface area contributed by atoms with Crippen molar-refractivity contribution in [2.24, 2.45) is 0 Å². The number of piperidine rings is 1. The topological polar surface area (TPSA) is 57.6 Å². The van der Waals surface area contributed by atoms with Gasteiger partial charge in [0, 0.05) is 24.2 Å². The molecule has 0 spiro atoms. The maximum atomic E-state index is 12.8. The predicted octanol–water partition coefficient (Wildman–Crippen LogP) is 3.93. The van der Waals surface area contributed by atoms with E-state index in [-0.39, 0.29) is 11.7 Å². The van der Waals surface area contributed by atoms with Crippen LogP contribution in [0.15, 0.2) is 48.5 Å². The SMILES string of the molecule is CC[C@]1(O)CCCN(C(=O)c2ccc(-c3cccc(C(C)=O)c3)cc2)C1. The summed E-state index contributed by atoms with van der Waals surface area (Å²) in [6, 6.07) is 14.9. The Kier molecular flexibility index (Phi) is 5.23. The van der Waals surface area contributed by atoms with E-state index in [1.54, 1.807) is 17.9 Å². The van der Waals surface area contributed by atoms with Crippen molar-refractivity contribution < 1.29 is 14.7 Å². The van der Waals surface area contributed by atoms with Gasteiger partial charge in [0.15, 0.2) is 5.78 Å². The van der Waals surface area contributed by atoms with E-state index >= 15 is 0 Å². The molecule has 1 atom stereocenters. The molecule has 0 radical (unpaired) electrons. The normalized spacial score (nSPS) is 20.0. The van der Waals surface area contributed by atoms with Crippen molar-refractivity contribution in [3.63, 3.8) is 0 Å². The number of Topliss-reactive ketones (excluding diaryl/α,β-unsaturated/α-hetero) is 1. The number of aliphatic hydroxyl groups is 1. The van der Waals surface area contributed by atoms with E-state index in [2.05, 4.69) is 0 Å². The van der Waals surface area contributed by atoms with Crippen LogP contribution >= 0.6 is 0 Å². The molecule has 4 nitrogen and oxygen atoms in total. The molecule has 2 aromatic rings. The lowest BCUT2D eigenvalue weighted by atomic mass is 9.90.